The zero-order valence-electron chi connectivity index (χ0n) is 20.4. The van der Waals surface area contributed by atoms with Gasteiger partial charge in [0.1, 0.15) is 6.33 Å². The fourth-order valence-corrected chi connectivity index (χ4v) is 4.41. The minimum absolute atomic E-state index is 0.128. The molecule has 1 saturated heterocycles. The molecule has 1 N–H and O–H groups in total. The molecule has 0 bridgehead atoms. The highest BCUT2D eigenvalue weighted by molar-refractivity contribution is 6.04. The van der Waals surface area contributed by atoms with Gasteiger partial charge in [-0.05, 0) is 66.1 Å². The summed E-state index contributed by atoms with van der Waals surface area (Å²) in [6.45, 7) is 6.30. The maximum Gasteiger partial charge on any atom is 0.255 e. The average molecular weight is 480 g/mol. The van der Waals surface area contributed by atoms with Crippen molar-refractivity contribution in [3.8, 4) is 11.3 Å². The number of pyridine rings is 1. The fraction of sp³-hybridized carbons (Fsp3) is 0.241. The van der Waals surface area contributed by atoms with Crippen molar-refractivity contribution in [1.29, 1.82) is 0 Å². The van der Waals surface area contributed by atoms with Crippen LogP contribution in [0.5, 0.6) is 0 Å². The molecule has 2 aromatic carbocycles. The van der Waals surface area contributed by atoms with Gasteiger partial charge in [-0.3, -0.25) is 14.7 Å². The number of aromatic nitrogens is 3. The van der Waals surface area contributed by atoms with Crippen LogP contribution in [0.25, 0.3) is 11.3 Å². The van der Waals surface area contributed by atoms with Crippen LogP contribution in [0.1, 0.15) is 32.7 Å². The summed E-state index contributed by atoms with van der Waals surface area (Å²) in [7, 11) is 0. The number of anilines is 1. The monoisotopic (exact) mass is 479 g/mol. The molecule has 0 unspecified atom stereocenters. The summed E-state index contributed by atoms with van der Waals surface area (Å²) in [4.78, 5) is 28.5. The average Bonchev–Trinajstić information content (AvgIpc) is 2.91. The van der Waals surface area contributed by atoms with Crippen molar-refractivity contribution in [2.45, 2.75) is 19.9 Å². The Labute approximate surface area is 211 Å². The molecule has 0 saturated carbocycles. The van der Waals surface area contributed by atoms with E-state index in [1.165, 1.54) is 11.9 Å². The smallest absolute Gasteiger partial charge is 0.255 e. The summed E-state index contributed by atoms with van der Waals surface area (Å²) >= 11 is 0. The van der Waals surface area contributed by atoms with Crippen molar-refractivity contribution in [3.05, 3.63) is 107 Å². The molecule has 182 valence electrons. The van der Waals surface area contributed by atoms with Crippen molar-refractivity contribution in [3.63, 3.8) is 0 Å². The Kier molecular flexibility index (Phi) is 7.40. The molecule has 0 radical (unpaired) electrons. The largest absolute Gasteiger partial charge is 0.379 e. The second kappa shape index (κ2) is 11.2. The summed E-state index contributed by atoms with van der Waals surface area (Å²) in [5, 5.41) is 3.07. The van der Waals surface area contributed by atoms with E-state index in [0.29, 0.717) is 12.0 Å². The summed E-state index contributed by atoms with van der Waals surface area (Å²) < 4.78 is 5.44. The molecular formula is C29H29N5O2. The first-order chi connectivity index (χ1) is 17.7. The predicted molar refractivity (Wildman–Crippen MR) is 140 cm³/mol. The van der Waals surface area contributed by atoms with E-state index < -0.39 is 0 Å². The molecule has 7 nitrogen and oxygen atoms in total. The summed E-state index contributed by atoms with van der Waals surface area (Å²) in [5.41, 5.74) is 7.45. The Morgan fingerprint density at radius 2 is 1.89 bits per heavy atom. The number of ether oxygens (including phenoxy) is 1. The molecule has 4 aromatic rings. The second-order valence-corrected chi connectivity index (χ2v) is 8.95. The second-order valence-electron chi connectivity index (χ2n) is 8.95. The van der Waals surface area contributed by atoms with Crippen LogP contribution in [-0.4, -0.2) is 52.1 Å². The number of carbonyl (C=O) groups excluding carboxylic acids is 1. The maximum absolute atomic E-state index is 13.1. The van der Waals surface area contributed by atoms with Crippen molar-refractivity contribution in [2.75, 3.05) is 31.6 Å². The number of carbonyl (C=O) groups is 1. The third-order valence-corrected chi connectivity index (χ3v) is 6.41. The lowest BCUT2D eigenvalue weighted by Gasteiger charge is -2.26. The number of nitrogens with zero attached hydrogens (tertiary/aromatic N) is 4. The molecule has 5 rings (SSSR count). The summed E-state index contributed by atoms with van der Waals surface area (Å²) in [6.07, 6.45) is 5.65. The Balaban J connectivity index is 1.32. The SMILES string of the molecule is Cc1ccc(C(=O)Nc2cccc(CN3CCOCC3)c2)cc1Cc1ncccc1-c1ccncn1. The summed E-state index contributed by atoms with van der Waals surface area (Å²) in [5.74, 6) is -0.128. The van der Waals surface area contributed by atoms with Crippen molar-refractivity contribution in [1.82, 2.24) is 19.9 Å². The van der Waals surface area contributed by atoms with E-state index in [4.69, 9.17) is 4.74 Å². The molecule has 1 aliphatic heterocycles. The molecule has 1 aliphatic rings. The third kappa shape index (κ3) is 5.82. The van der Waals surface area contributed by atoms with Gasteiger partial charge in [-0.1, -0.05) is 18.2 Å². The normalized spacial score (nSPS) is 13.9. The third-order valence-electron chi connectivity index (χ3n) is 6.41. The quantitative estimate of drug-likeness (QED) is 0.420. The lowest BCUT2D eigenvalue weighted by molar-refractivity contribution is 0.0342. The zero-order chi connectivity index (χ0) is 24.7. The van der Waals surface area contributed by atoms with Crippen LogP contribution in [-0.2, 0) is 17.7 Å². The van der Waals surface area contributed by atoms with Gasteiger partial charge in [0.15, 0.2) is 0 Å². The number of morpholine rings is 1. The molecule has 2 aromatic heterocycles. The van der Waals surface area contributed by atoms with Gasteiger partial charge in [-0.2, -0.15) is 0 Å². The molecule has 0 atom stereocenters. The van der Waals surface area contributed by atoms with E-state index in [1.807, 2.05) is 54.6 Å². The first kappa shape index (κ1) is 23.8. The molecular weight excluding hydrogens is 450 g/mol. The van der Waals surface area contributed by atoms with Crippen LogP contribution >= 0.6 is 0 Å². The van der Waals surface area contributed by atoms with Gasteiger partial charge in [0, 0.05) is 55.3 Å². The van der Waals surface area contributed by atoms with E-state index >= 15 is 0 Å². The van der Waals surface area contributed by atoms with Gasteiger partial charge in [0.05, 0.1) is 24.6 Å². The van der Waals surface area contributed by atoms with Crippen LogP contribution in [0.4, 0.5) is 5.69 Å². The standard InChI is InChI=1S/C29H29N5O2/c1-21-7-8-23(17-24(21)18-28-26(6-3-10-31-28)27-9-11-30-20-32-27)29(35)33-25-5-2-4-22(16-25)19-34-12-14-36-15-13-34/h2-11,16-17,20H,12-15,18-19H2,1H3,(H,33,35). The maximum atomic E-state index is 13.1. The summed E-state index contributed by atoms with van der Waals surface area (Å²) in [6, 6.07) is 19.7. The van der Waals surface area contributed by atoms with Crippen LogP contribution in [0.2, 0.25) is 0 Å². The lowest BCUT2D eigenvalue weighted by Crippen LogP contribution is -2.35. The highest BCUT2D eigenvalue weighted by Crippen LogP contribution is 2.24. The first-order valence-corrected chi connectivity index (χ1v) is 12.2. The molecule has 0 spiro atoms. The van der Waals surface area contributed by atoms with Crippen LogP contribution < -0.4 is 5.32 Å². The van der Waals surface area contributed by atoms with E-state index in [9.17, 15) is 4.79 Å². The molecule has 7 heteroatoms. The van der Waals surface area contributed by atoms with Gasteiger partial charge in [0.2, 0.25) is 0 Å². The predicted octanol–water partition coefficient (Wildman–Crippen LogP) is 4.52. The van der Waals surface area contributed by atoms with Gasteiger partial charge >= 0.3 is 0 Å². The topological polar surface area (TPSA) is 80.2 Å². The number of amides is 1. The molecule has 3 heterocycles. The van der Waals surface area contributed by atoms with E-state index in [2.05, 4.69) is 38.2 Å². The zero-order valence-corrected chi connectivity index (χ0v) is 20.4. The van der Waals surface area contributed by atoms with Gasteiger partial charge in [0.25, 0.3) is 5.91 Å². The van der Waals surface area contributed by atoms with Crippen molar-refractivity contribution in [2.24, 2.45) is 0 Å². The molecule has 36 heavy (non-hydrogen) atoms. The Morgan fingerprint density at radius 1 is 1.00 bits per heavy atom. The van der Waals surface area contributed by atoms with Crippen molar-refractivity contribution < 1.29 is 9.53 Å². The van der Waals surface area contributed by atoms with Gasteiger partial charge in [-0.25, -0.2) is 9.97 Å². The highest BCUT2D eigenvalue weighted by Gasteiger charge is 2.14. The fourth-order valence-electron chi connectivity index (χ4n) is 4.41. The Morgan fingerprint density at radius 3 is 2.72 bits per heavy atom. The van der Waals surface area contributed by atoms with E-state index in [1.54, 1.807) is 12.4 Å². The van der Waals surface area contributed by atoms with Crippen LogP contribution in [0.15, 0.2) is 79.4 Å². The van der Waals surface area contributed by atoms with Gasteiger partial charge in [-0.15, -0.1) is 0 Å². The van der Waals surface area contributed by atoms with E-state index in [-0.39, 0.29) is 5.91 Å². The first-order valence-electron chi connectivity index (χ1n) is 12.2. The number of benzene rings is 2. The van der Waals surface area contributed by atoms with Crippen molar-refractivity contribution >= 4 is 11.6 Å². The number of aryl methyl sites for hydroxylation is 1. The number of hydrogen-bond acceptors (Lipinski definition) is 6. The number of nitrogens with one attached hydrogen (secondary N) is 1. The number of rotatable bonds is 7. The highest BCUT2D eigenvalue weighted by atomic mass is 16.5. The van der Waals surface area contributed by atoms with E-state index in [0.717, 1.165) is 66.6 Å². The minimum atomic E-state index is -0.128. The Hall–Kier alpha value is -3.94. The van der Waals surface area contributed by atoms with Gasteiger partial charge < -0.3 is 10.1 Å². The minimum Gasteiger partial charge on any atom is -0.379 e. The Bertz CT molecular complexity index is 1340. The number of hydrogen-bond donors (Lipinski definition) is 1. The van der Waals surface area contributed by atoms with Crippen LogP contribution in [0.3, 0.4) is 0 Å². The molecule has 0 aliphatic carbocycles. The van der Waals surface area contributed by atoms with Crippen LogP contribution in [0, 0.1) is 6.92 Å². The molecule has 1 fully saturated rings. The molecule has 1 amide bonds. The lowest BCUT2D eigenvalue weighted by atomic mass is 9.97.